The summed E-state index contributed by atoms with van der Waals surface area (Å²) in [6.07, 6.45) is 2.24. The predicted octanol–water partition coefficient (Wildman–Crippen LogP) is 2.94. The van der Waals surface area contributed by atoms with Gasteiger partial charge in [-0.2, -0.15) is 4.98 Å². The van der Waals surface area contributed by atoms with Crippen molar-refractivity contribution in [3.8, 4) is 0 Å². The van der Waals surface area contributed by atoms with E-state index in [9.17, 15) is 0 Å². The lowest BCUT2D eigenvalue weighted by Crippen LogP contribution is -2.24. The first-order chi connectivity index (χ1) is 10.2. The highest BCUT2D eigenvalue weighted by Gasteiger charge is 2.21. The molecule has 1 atom stereocenters. The third-order valence-corrected chi connectivity index (χ3v) is 4.73. The summed E-state index contributed by atoms with van der Waals surface area (Å²) in [6.45, 7) is 7.40. The van der Waals surface area contributed by atoms with Crippen molar-refractivity contribution in [1.82, 2.24) is 14.9 Å². The van der Waals surface area contributed by atoms with Crippen molar-refractivity contribution >= 4 is 33.3 Å². The molecule has 1 unspecified atom stereocenters. The maximum atomic E-state index is 4.70. The minimum absolute atomic E-state index is 0.479. The predicted molar refractivity (Wildman–Crippen MR) is 90.5 cm³/mol. The molecular weight excluding hydrogens is 282 g/mol. The van der Waals surface area contributed by atoms with Gasteiger partial charge in [0.1, 0.15) is 10.6 Å². The van der Waals surface area contributed by atoms with E-state index in [1.807, 2.05) is 0 Å². The smallest absolute Gasteiger partial charge is 0.226 e. The zero-order valence-electron chi connectivity index (χ0n) is 12.9. The highest BCUT2D eigenvalue weighted by molar-refractivity contribution is 7.18. The molecule has 1 aliphatic rings. The lowest BCUT2D eigenvalue weighted by molar-refractivity contribution is 0.414. The number of aryl methyl sites for hydroxylation is 1. The van der Waals surface area contributed by atoms with Crippen LogP contribution in [-0.2, 0) is 0 Å². The number of aromatic nitrogens is 2. The van der Waals surface area contributed by atoms with E-state index in [-0.39, 0.29) is 0 Å². The second kappa shape index (κ2) is 6.15. The second-order valence-corrected chi connectivity index (χ2v) is 7.03. The van der Waals surface area contributed by atoms with Crippen LogP contribution in [0.5, 0.6) is 0 Å². The third-order valence-electron chi connectivity index (χ3n) is 3.78. The molecule has 2 N–H and O–H groups in total. The van der Waals surface area contributed by atoms with Gasteiger partial charge in [0, 0.05) is 24.0 Å². The molecule has 0 aromatic carbocycles. The standard InChI is InChI=1S/C15H23N5S/c1-4-6-16-15-18-13(17-11-5-7-20(3)9-11)12-8-10(2)21-14(12)19-15/h8,11H,4-7,9H2,1-3H3,(H2,16,17,18,19). The summed E-state index contributed by atoms with van der Waals surface area (Å²) in [6, 6.07) is 2.66. The second-order valence-electron chi connectivity index (χ2n) is 5.79. The fourth-order valence-electron chi connectivity index (χ4n) is 2.71. The Morgan fingerprint density at radius 3 is 3.00 bits per heavy atom. The number of hydrogen-bond acceptors (Lipinski definition) is 6. The van der Waals surface area contributed by atoms with E-state index in [4.69, 9.17) is 4.98 Å². The summed E-state index contributed by atoms with van der Waals surface area (Å²) in [5.41, 5.74) is 0. The van der Waals surface area contributed by atoms with E-state index in [0.29, 0.717) is 6.04 Å². The Morgan fingerprint density at radius 2 is 2.29 bits per heavy atom. The van der Waals surface area contributed by atoms with E-state index in [2.05, 4.69) is 47.5 Å². The lowest BCUT2D eigenvalue weighted by Gasteiger charge is -2.15. The first-order valence-electron chi connectivity index (χ1n) is 7.63. The Balaban J connectivity index is 1.90. The van der Waals surface area contributed by atoms with E-state index in [0.717, 1.165) is 48.0 Å². The maximum absolute atomic E-state index is 4.70. The van der Waals surface area contributed by atoms with Crippen LogP contribution < -0.4 is 10.6 Å². The van der Waals surface area contributed by atoms with Crippen LogP contribution in [0.1, 0.15) is 24.6 Å². The largest absolute Gasteiger partial charge is 0.365 e. The Kier molecular flexibility index (Phi) is 4.26. The van der Waals surface area contributed by atoms with Crippen molar-refractivity contribution in [3.63, 3.8) is 0 Å². The molecule has 21 heavy (non-hydrogen) atoms. The summed E-state index contributed by atoms with van der Waals surface area (Å²) in [5, 5.41) is 8.07. The summed E-state index contributed by atoms with van der Waals surface area (Å²) in [4.78, 5) is 14.0. The summed E-state index contributed by atoms with van der Waals surface area (Å²) >= 11 is 1.73. The highest BCUT2D eigenvalue weighted by atomic mass is 32.1. The van der Waals surface area contributed by atoms with Gasteiger partial charge in [0.15, 0.2) is 0 Å². The van der Waals surface area contributed by atoms with Crippen LogP contribution >= 0.6 is 11.3 Å². The molecule has 0 radical (unpaired) electrons. The average Bonchev–Trinajstić information content (AvgIpc) is 3.01. The number of likely N-dealkylation sites (tertiary alicyclic amines) is 1. The molecule has 0 amide bonds. The summed E-state index contributed by atoms with van der Waals surface area (Å²) in [5.74, 6) is 1.71. The minimum atomic E-state index is 0.479. The van der Waals surface area contributed by atoms with Crippen LogP contribution in [0.15, 0.2) is 6.07 Å². The van der Waals surface area contributed by atoms with Crippen molar-refractivity contribution in [2.24, 2.45) is 0 Å². The fraction of sp³-hybridized carbons (Fsp3) is 0.600. The van der Waals surface area contributed by atoms with Gasteiger partial charge >= 0.3 is 0 Å². The molecular formula is C15H23N5S. The fourth-order valence-corrected chi connectivity index (χ4v) is 3.59. The number of nitrogens with zero attached hydrogens (tertiary/aromatic N) is 3. The Morgan fingerprint density at radius 1 is 1.43 bits per heavy atom. The van der Waals surface area contributed by atoms with Gasteiger partial charge in [0.2, 0.25) is 5.95 Å². The number of likely N-dealkylation sites (N-methyl/N-ethyl adjacent to an activating group) is 1. The van der Waals surface area contributed by atoms with Crippen molar-refractivity contribution < 1.29 is 0 Å². The van der Waals surface area contributed by atoms with Gasteiger partial charge in [-0.3, -0.25) is 0 Å². The van der Waals surface area contributed by atoms with E-state index in [1.165, 1.54) is 11.3 Å². The molecule has 6 heteroatoms. The molecule has 0 saturated carbocycles. The first-order valence-corrected chi connectivity index (χ1v) is 8.44. The van der Waals surface area contributed by atoms with Crippen LogP contribution in [0, 0.1) is 6.92 Å². The SMILES string of the molecule is CCCNc1nc(NC2CCN(C)C2)c2cc(C)sc2n1. The topological polar surface area (TPSA) is 53.1 Å². The monoisotopic (exact) mass is 305 g/mol. The quantitative estimate of drug-likeness (QED) is 0.889. The number of fused-ring (bicyclic) bond motifs is 1. The van der Waals surface area contributed by atoms with Gasteiger partial charge in [-0.25, -0.2) is 4.98 Å². The Labute approximate surface area is 129 Å². The van der Waals surface area contributed by atoms with Gasteiger partial charge in [-0.15, -0.1) is 11.3 Å². The Bertz CT molecular complexity index is 624. The number of anilines is 2. The number of rotatable bonds is 5. The van der Waals surface area contributed by atoms with Crippen molar-refractivity contribution in [2.75, 3.05) is 37.3 Å². The van der Waals surface area contributed by atoms with Gasteiger partial charge in [-0.05, 0) is 39.4 Å². The maximum Gasteiger partial charge on any atom is 0.226 e. The average molecular weight is 305 g/mol. The zero-order chi connectivity index (χ0) is 14.8. The molecule has 2 aromatic rings. The van der Waals surface area contributed by atoms with Gasteiger partial charge in [-0.1, -0.05) is 6.92 Å². The van der Waals surface area contributed by atoms with E-state index < -0.39 is 0 Å². The van der Waals surface area contributed by atoms with Crippen LogP contribution in [-0.4, -0.2) is 47.6 Å². The zero-order valence-corrected chi connectivity index (χ0v) is 13.8. The lowest BCUT2D eigenvalue weighted by atomic mass is 10.2. The summed E-state index contributed by atoms with van der Waals surface area (Å²) < 4.78 is 0. The van der Waals surface area contributed by atoms with Crippen LogP contribution in [0.2, 0.25) is 0 Å². The first kappa shape index (κ1) is 14.5. The molecule has 1 aliphatic heterocycles. The van der Waals surface area contributed by atoms with Crippen LogP contribution in [0.25, 0.3) is 10.2 Å². The van der Waals surface area contributed by atoms with Crippen molar-refractivity contribution in [3.05, 3.63) is 10.9 Å². The van der Waals surface area contributed by atoms with Gasteiger partial charge in [0.25, 0.3) is 0 Å². The molecule has 3 rings (SSSR count). The van der Waals surface area contributed by atoms with Gasteiger partial charge < -0.3 is 15.5 Å². The molecule has 2 aromatic heterocycles. The molecule has 1 saturated heterocycles. The third kappa shape index (κ3) is 3.27. The molecule has 5 nitrogen and oxygen atoms in total. The normalized spacial score (nSPS) is 19.3. The number of nitrogens with one attached hydrogen (secondary N) is 2. The molecule has 1 fully saturated rings. The molecule has 0 spiro atoms. The highest BCUT2D eigenvalue weighted by Crippen LogP contribution is 2.30. The van der Waals surface area contributed by atoms with Gasteiger partial charge in [0.05, 0.1) is 5.39 Å². The summed E-state index contributed by atoms with van der Waals surface area (Å²) in [7, 11) is 2.17. The molecule has 0 aliphatic carbocycles. The van der Waals surface area contributed by atoms with Crippen molar-refractivity contribution in [2.45, 2.75) is 32.7 Å². The van der Waals surface area contributed by atoms with Crippen LogP contribution in [0.4, 0.5) is 11.8 Å². The minimum Gasteiger partial charge on any atom is -0.365 e. The molecule has 114 valence electrons. The molecule has 3 heterocycles. The number of thiophene rings is 1. The Hall–Kier alpha value is -1.40. The van der Waals surface area contributed by atoms with E-state index >= 15 is 0 Å². The number of hydrogen-bond donors (Lipinski definition) is 2. The van der Waals surface area contributed by atoms with E-state index in [1.54, 1.807) is 11.3 Å². The molecule has 0 bridgehead atoms. The van der Waals surface area contributed by atoms with Crippen LogP contribution in [0.3, 0.4) is 0 Å². The van der Waals surface area contributed by atoms with Crippen molar-refractivity contribution in [1.29, 1.82) is 0 Å².